The van der Waals surface area contributed by atoms with Gasteiger partial charge in [-0.1, -0.05) is 18.2 Å². The van der Waals surface area contributed by atoms with E-state index >= 15 is 0 Å². The number of anilines is 2. The number of carbonyl (C=O) groups is 1. The van der Waals surface area contributed by atoms with Gasteiger partial charge in [-0.3, -0.25) is 9.52 Å². The number of hydrogen-bond acceptors (Lipinski definition) is 4. The molecule has 2 N–H and O–H groups in total. The van der Waals surface area contributed by atoms with Crippen LogP contribution >= 0.6 is 0 Å². The Hall–Kier alpha value is -3.01. The number of rotatable bonds is 6. The molecule has 0 aliphatic rings. The third-order valence-electron chi connectivity index (χ3n) is 2.98. The normalized spacial score (nSPS) is 12.0. The Labute approximate surface area is 153 Å². The van der Waals surface area contributed by atoms with Crippen LogP contribution in [-0.4, -0.2) is 26.9 Å². The van der Waals surface area contributed by atoms with E-state index in [-0.39, 0.29) is 5.69 Å². The Kier molecular flexibility index (Phi) is 6.11. The minimum atomic E-state index is -4.82. The molecule has 0 spiro atoms. The van der Waals surface area contributed by atoms with Crippen LogP contribution in [0.1, 0.15) is 5.56 Å². The lowest BCUT2D eigenvalue weighted by Gasteiger charge is -2.10. The molecule has 0 unspecified atom stereocenters. The van der Waals surface area contributed by atoms with Crippen LogP contribution in [-0.2, 0) is 14.8 Å². The molecule has 1 amide bonds. The second kappa shape index (κ2) is 8.12. The van der Waals surface area contributed by atoms with Crippen molar-refractivity contribution in [3.05, 3.63) is 60.2 Å². The first kappa shape index (κ1) is 20.3. The van der Waals surface area contributed by atoms with Gasteiger partial charge in [0.2, 0.25) is 15.9 Å². The molecule has 144 valence electrons. The van der Waals surface area contributed by atoms with E-state index in [1.54, 1.807) is 12.1 Å². The SMILES string of the molecule is CS(=O)(=O)Nc1ccc(/C=C/C(=O)Nc2cccc(OC(F)(F)F)c2)cc1. The minimum Gasteiger partial charge on any atom is -0.406 e. The third-order valence-corrected chi connectivity index (χ3v) is 3.58. The highest BCUT2D eigenvalue weighted by Gasteiger charge is 2.31. The Morgan fingerprint density at radius 1 is 1.07 bits per heavy atom. The zero-order valence-electron chi connectivity index (χ0n) is 13.9. The second-order valence-electron chi connectivity index (χ2n) is 5.39. The first-order chi connectivity index (χ1) is 12.5. The maximum absolute atomic E-state index is 12.2. The van der Waals surface area contributed by atoms with E-state index in [4.69, 9.17) is 0 Å². The van der Waals surface area contributed by atoms with Gasteiger partial charge in [0.1, 0.15) is 5.75 Å². The fourth-order valence-corrected chi connectivity index (χ4v) is 2.57. The summed E-state index contributed by atoms with van der Waals surface area (Å²) in [6, 6.07) is 11.1. The molecule has 0 heterocycles. The molecular weight excluding hydrogens is 385 g/mol. The molecule has 0 bridgehead atoms. The van der Waals surface area contributed by atoms with Crippen LogP contribution in [0, 0.1) is 0 Å². The second-order valence-corrected chi connectivity index (χ2v) is 7.14. The van der Waals surface area contributed by atoms with E-state index in [9.17, 15) is 26.4 Å². The molecule has 0 fully saturated rings. The van der Waals surface area contributed by atoms with Gasteiger partial charge >= 0.3 is 6.36 Å². The van der Waals surface area contributed by atoms with E-state index in [0.29, 0.717) is 11.3 Å². The summed E-state index contributed by atoms with van der Waals surface area (Å²) in [7, 11) is -3.38. The van der Waals surface area contributed by atoms with Crippen molar-refractivity contribution < 1.29 is 31.1 Å². The lowest BCUT2D eigenvalue weighted by Crippen LogP contribution is -2.17. The van der Waals surface area contributed by atoms with Crippen molar-refractivity contribution in [1.29, 1.82) is 0 Å². The molecule has 2 rings (SSSR count). The fourth-order valence-electron chi connectivity index (χ4n) is 2.00. The van der Waals surface area contributed by atoms with Crippen molar-refractivity contribution in [2.75, 3.05) is 16.3 Å². The number of sulfonamides is 1. The molecule has 2 aromatic rings. The molecular formula is C17H15F3N2O4S. The highest BCUT2D eigenvalue weighted by molar-refractivity contribution is 7.92. The van der Waals surface area contributed by atoms with Crippen molar-refractivity contribution in [2.24, 2.45) is 0 Å². The molecule has 0 saturated carbocycles. The summed E-state index contributed by atoms with van der Waals surface area (Å²) in [5.41, 5.74) is 1.14. The first-order valence-electron chi connectivity index (χ1n) is 7.43. The standard InChI is InChI=1S/C17H15F3N2O4S/c1-27(24,25)22-13-8-5-12(6-9-13)7-10-16(23)21-14-3-2-4-15(11-14)26-17(18,19)20/h2-11,22H,1H3,(H,21,23)/b10-7+. The zero-order valence-corrected chi connectivity index (χ0v) is 14.8. The molecule has 0 atom stereocenters. The summed E-state index contributed by atoms with van der Waals surface area (Å²) < 4.78 is 65.0. The van der Waals surface area contributed by atoms with Crippen molar-refractivity contribution in [2.45, 2.75) is 6.36 Å². The first-order valence-corrected chi connectivity index (χ1v) is 9.32. The average molecular weight is 400 g/mol. The van der Waals surface area contributed by atoms with Crippen molar-refractivity contribution in [1.82, 2.24) is 0 Å². The summed E-state index contributed by atoms with van der Waals surface area (Å²) in [4.78, 5) is 11.9. The number of ether oxygens (including phenoxy) is 1. The minimum absolute atomic E-state index is 0.138. The third kappa shape index (κ3) is 7.82. The summed E-state index contributed by atoms with van der Waals surface area (Å²) >= 11 is 0. The van der Waals surface area contributed by atoms with E-state index in [1.165, 1.54) is 36.4 Å². The molecule has 27 heavy (non-hydrogen) atoms. The zero-order chi connectivity index (χ0) is 20.1. The summed E-state index contributed by atoms with van der Waals surface area (Å²) in [6.07, 6.45) is -1.13. The van der Waals surface area contributed by atoms with E-state index in [1.807, 2.05) is 0 Å². The Balaban J connectivity index is 1.98. The number of carbonyl (C=O) groups excluding carboxylic acids is 1. The van der Waals surface area contributed by atoms with Crippen LogP contribution < -0.4 is 14.8 Å². The maximum Gasteiger partial charge on any atom is 0.573 e. The van der Waals surface area contributed by atoms with E-state index in [0.717, 1.165) is 18.4 Å². The maximum atomic E-state index is 12.2. The molecule has 0 radical (unpaired) electrons. The summed E-state index contributed by atoms with van der Waals surface area (Å²) in [5, 5.41) is 2.42. The van der Waals surface area contributed by atoms with E-state index < -0.39 is 28.0 Å². The highest BCUT2D eigenvalue weighted by atomic mass is 32.2. The van der Waals surface area contributed by atoms with Crippen molar-refractivity contribution in [3.8, 4) is 5.75 Å². The van der Waals surface area contributed by atoms with Crippen LogP contribution in [0.15, 0.2) is 54.6 Å². The van der Waals surface area contributed by atoms with Crippen LogP contribution in [0.25, 0.3) is 6.08 Å². The van der Waals surface area contributed by atoms with Crippen LogP contribution in [0.5, 0.6) is 5.75 Å². The molecule has 0 aliphatic carbocycles. The fraction of sp³-hybridized carbons (Fsp3) is 0.118. The lowest BCUT2D eigenvalue weighted by molar-refractivity contribution is -0.274. The number of alkyl halides is 3. The Bertz CT molecular complexity index is 939. The van der Waals surface area contributed by atoms with Crippen molar-refractivity contribution in [3.63, 3.8) is 0 Å². The predicted molar refractivity (Wildman–Crippen MR) is 95.7 cm³/mol. The van der Waals surface area contributed by atoms with Gasteiger partial charge in [0.05, 0.1) is 6.26 Å². The molecule has 6 nitrogen and oxygen atoms in total. The van der Waals surface area contributed by atoms with Gasteiger partial charge < -0.3 is 10.1 Å². The quantitative estimate of drug-likeness (QED) is 0.726. The largest absolute Gasteiger partial charge is 0.573 e. The predicted octanol–water partition coefficient (Wildman–Crippen LogP) is 3.61. The van der Waals surface area contributed by atoms with Crippen LogP contribution in [0.4, 0.5) is 24.5 Å². The van der Waals surface area contributed by atoms with Crippen LogP contribution in [0.2, 0.25) is 0 Å². The Morgan fingerprint density at radius 2 is 1.74 bits per heavy atom. The molecule has 0 aromatic heterocycles. The van der Waals surface area contributed by atoms with Crippen molar-refractivity contribution >= 4 is 33.4 Å². The summed E-state index contributed by atoms with van der Waals surface area (Å²) in [5.74, 6) is -1.00. The van der Waals surface area contributed by atoms with Gasteiger partial charge in [0, 0.05) is 23.5 Å². The lowest BCUT2D eigenvalue weighted by atomic mass is 10.2. The number of halogens is 3. The monoisotopic (exact) mass is 400 g/mol. The van der Waals surface area contributed by atoms with Crippen LogP contribution in [0.3, 0.4) is 0 Å². The summed E-state index contributed by atoms with van der Waals surface area (Å²) in [6.45, 7) is 0. The van der Waals surface area contributed by atoms with Gasteiger partial charge in [-0.15, -0.1) is 13.2 Å². The molecule has 0 saturated heterocycles. The van der Waals surface area contributed by atoms with Gasteiger partial charge in [0.15, 0.2) is 0 Å². The molecule has 0 aliphatic heterocycles. The van der Waals surface area contributed by atoms with Gasteiger partial charge in [-0.05, 0) is 35.9 Å². The Morgan fingerprint density at radius 3 is 2.33 bits per heavy atom. The van der Waals surface area contributed by atoms with Gasteiger partial charge in [-0.2, -0.15) is 0 Å². The molecule has 10 heteroatoms. The number of hydrogen-bond donors (Lipinski definition) is 2. The number of benzene rings is 2. The van der Waals surface area contributed by atoms with E-state index in [2.05, 4.69) is 14.8 Å². The number of nitrogens with one attached hydrogen (secondary N) is 2. The average Bonchev–Trinajstić information content (AvgIpc) is 2.51. The number of amides is 1. The smallest absolute Gasteiger partial charge is 0.406 e. The van der Waals surface area contributed by atoms with Gasteiger partial charge in [0.25, 0.3) is 0 Å². The topological polar surface area (TPSA) is 84.5 Å². The molecule has 2 aromatic carbocycles. The van der Waals surface area contributed by atoms with Gasteiger partial charge in [-0.25, -0.2) is 8.42 Å². The highest BCUT2D eigenvalue weighted by Crippen LogP contribution is 2.25.